The summed E-state index contributed by atoms with van der Waals surface area (Å²) in [5, 5.41) is 0. The summed E-state index contributed by atoms with van der Waals surface area (Å²) >= 11 is 0. The molecule has 0 aliphatic heterocycles. The van der Waals surface area contributed by atoms with Gasteiger partial charge in [0.2, 0.25) is 0 Å². The molecule has 1 aliphatic rings. The lowest BCUT2D eigenvalue weighted by Crippen LogP contribution is -1.95. The average Bonchev–Trinajstić information content (AvgIpc) is 2.69. The fourth-order valence-electron chi connectivity index (χ4n) is 3.82. The first-order valence-electron chi connectivity index (χ1n) is 12.1. The van der Waals surface area contributed by atoms with Crippen molar-refractivity contribution in [3.8, 4) is 0 Å². The normalized spacial score (nSPS) is 22.1. The van der Waals surface area contributed by atoms with Gasteiger partial charge in [0.15, 0.2) is 5.78 Å². The molecule has 2 nitrogen and oxygen atoms in total. The Morgan fingerprint density at radius 3 is 1.54 bits per heavy atom. The second-order valence-corrected chi connectivity index (χ2v) is 8.46. The van der Waals surface area contributed by atoms with E-state index in [9.17, 15) is 9.59 Å². The Morgan fingerprint density at radius 2 is 0.929 bits per heavy atom. The number of Topliss-reactive ketones (excluding diaryl/α,β-unsaturated/α-hetero) is 1. The van der Waals surface area contributed by atoms with Crippen molar-refractivity contribution in [3.63, 3.8) is 0 Å². The lowest BCUT2D eigenvalue weighted by atomic mass is 10.0. The van der Waals surface area contributed by atoms with Crippen LogP contribution in [0.15, 0.2) is 24.3 Å². The summed E-state index contributed by atoms with van der Waals surface area (Å²) in [7, 11) is 0. The Kier molecular flexibility index (Phi) is 17.0. The van der Waals surface area contributed by atoms with Crippen LogP contribution in [0.2, 0.25) is 0 Å². The topological polar surface area (TPSA) is 34.1 Å². The number of hydrogen-bond donors (Lipinski definition) is 0. The van der Waals surface area contributed by atoms with Crippen molar-refractivity contribution >= 4 is 11.6 Å². The molecule has 1 rings (SSSR count). The van der Waals surface area contributed by atoms with Gasteiger partial charge in [0, 0.05) is 19.3 Å². The third-order valence-corrected chi connectivity index (χ3v) is 5.69. The molecule has 28 heavy (non-hydrogen) atoms. The summed E-state index contributed by atoms with van der Waals surface area (Å²) in [5.74, 6) is 0.705. The predicted molar refractivity (Wildman–Crippen MR) is 121 cm³/mol. The maximum atomic E-state index is 11.9. The zero-order valence-electron chi connectivity index (χ0n) is 18.3. The third kappa shape index (κ3) is 17.0. The second-order valence-electron chi connectivity index (χ2n) is 8.46. The van der Waals surface area contributed by atoms with Crippen LogP contribution in [0, 0.1) is 0 Å². The van der Waals surface area contributed by atoms with E-state index in [1.54, 1.807) is 0 Å². The van der Waals surface area contributed by atoms with E-state index in [4.69, 9.17) is 0 Å². The monoisotopic (exact) mass is 388 g/mol. The van der Waals surface area contributed by atoms with Crippen LogP contribution in [0.5, 0.6) is 0 Å². The lowest BCUT2D eigenvalue weighted by molar-refractivity contribution is -0.118. The Labute approximate surface area is 174 Å². The minimum absolute atomic E-state index is 0.306. The summed E-state index contributed by atoms with van der Waals surface area (Å²) in [5.41, 5.74) is 0. The molecule has 1 aliphatic carbocycles. The van der Waals surface area contributed by atoms with Crippen molar-refractivity contribution in [2.75, 3.05) is 0 Å². The smallest absolute Gasteiger partial charge is 0.155 e. The van der Waals surface area contributed by atoms with Crippen LogP contribution >= 0.6 is 0 Å². The van der Waals surface area contributed by atoms with Gasteiger partial charge in [-0.1, -0.05) is 88.9 Å². The SMILES string of the molecule is O=C1C=CCCCCCCCCCC=CCC(=O)CCCCCCCCCC1. The van der Waals surface area contributed by atoms with Crippen molar-refractivity contribution in [2.45, 2.75) is 128 Å². The molecule has 0 radical (unpaired) electrons. The molecule has 0 atom stereocenters. The van der Waals surface area contributed by atoms with E-state index in [0.29, 0.717) is 24.4 Å². The summed E-state index contributed by atoms with van der Waals surface area (Å²) in [4.78, 5) is 23.7. The molecule has 0 amide bonds. The maximum Gasteiger partial charge on any atom is 0.155 e. The first-order chi connectivity index (χ1) is 13.8. The standard InChI is InChI=1S/C26H44O2/c27-25-21-17-13-9-5-3-1-2-4-6-10-14-18-22-26(28)24-20-16-12-8-7-11-15-19-23-25/h13,17-18,22H,1-12,14-16,19-21,23-24H2. The highest BCUT2D eigenvalue weighted by Gasteiger charge is 2.00. The fourth-order valence-corrected chi connectivity index (χ4v) is 3.82. The van der Waals surface area contributed by atoms with Crippen LogP contribution < -0.4 is 0 Å². The maximum absolute atomic E-state index is 11.9. The number of rotatable bonds is 0. The van der Waals surface area contributed by atoms with Crippen LogP contribution in [0.4, 0.5) is 0 Å². The number of carbonyl (C=O) groups excluding carboxylic acids is 2. The van der Waals surface area contributed by atoms with Gasteiger partial charge in [-0.05, 0) is 44.6 Å². The summed E-state index contributed by atoms with van der Waals surface area (Å²) in [6, 6.07) is 0. The molecule has 0 aromatic heterocycles. The number of ketones is 2. The zero-order chi connectivity index (χ0) is 20.1. The first kappa shape index (κ1) is 24.9. The number of carbonyl (C=O) groups is 2. The summed E-state index contributed by atoms with van der Waals surface area (Å²) in [6.45, 7) is 0. The molecule has 2 heteroatoms. The van der Waals surface area contributed by atoms with Gasteiger partial charge in [-0.2, -0.15) is 0 Å². The average molecular weight is 389 g/mol. The molecule has 0 aromatic carbocycles. The molecule has 0 spiro atoms. The van der Waals surface area contributed by atoms with E-state index in [1.807, 2.05) is 6.08 Å². The highest BCUT2D eigenvalue weighted by Crippen LogP contribution is 2.13. The molecular weight excluding hydrogens is 344 g/mol. The van der Waals surface area contributed by atoms with Gasteiger partial charge in [0.1, 0.15) is 5.78 Å². The highest BCUT2D eigenvalue weighted by atomic mass is 16.1. The number of allylic oxidation sites excluding steroid dienone is 4. The van der Waals surface area contributed by atoms with E-state index >= 15 is 0 Å². The third-order valence-electron chi connectivity index (χ3n) is 5.69. The summed E-state index contributed by atoms with van der Waals surface area (Å²) < 4.78 is 0. The first-order valence-corrected chi connectivity index (χ1v) is 12.1. The Hall–Kier alpha value is -1.18. The van der Waals surface area contributed by atoms with E-state index < -0.39 is 0 Å². The van der Waals surface area contributed by atoms with Crippen LogP contribution in [-0.4, -0.2) is 11.6 Å². The van der Waals surface area contributed by atoms with E-state index in [-0.39, 0.29) is 0 Å². The molecule has 0 heterocycles. The van der Waals surface area contributed by atoms with Crippen molar-refractivity contribution in [1.29, 1.82) is 0 Å². The van der Waals surface area contributed by atoms with Crippen molar-refractivity contribution in [2.24, 2.45) is 0 Å². The van der Waals surface area contributed by atoms with Crippen LogP contribution in [0.25, 0.3) is 0 Å². The molecule has 0 saturated carbocycles. The molecular formula is C26H44O2. The molecule has 160 valence electrons. The van der Waals surface area contributed by atoms with Crippen molar-refractivity contribution < 1.29 is 9.59 Å². The molecule has 0 saturated heterocycles. The van der Waals surface area contributed by atoms with Crippen LogP contribution in [-0.2, 0) is 9.59 Å². The highest BCUT2D eigenvalue weighted by molar-refractivity contribution is 5.89. The van der Waals surface area contributed by atoms with Gasteiger partial charge in [-0.15, -0.1) is 0 Å². The lowest BCUT2D eigenvalue weighted by Gasteiger charge is -2.02. The van der Waals surface area contributed by atoms with Gasteiger partial charge in [0.05, 0.1) is 0 Å². The van der Waals surface area contributed by atoms with Gasteiger partial charge >= 0.3 is 0 Å². The fraction of sp³-hybridized carbons (Fsp3) is 0.769. The predicted octanol–water partition coefficient (Wildman–Crippen LogP) is 8.05. The van der Waals surface area contributed by atoms with Crippen LogP contribution in [0.1, 0.15) is 128 Å². The van der Waals surface area contributed by atoms with Crippen molar-refractivity contribution in [1.82, 2.24) is 0 Å². The largest absolute Gasteiger partial charge is 0.299 e. The molecule has 0 unspecified atom stereocenters. The second kappa shape index (κ2) is 19.2. The Bertz CT molecular complexity index is 447. The summed E-state index contributed by atoms with van der Waals surface area (Å²) in [6.07, 6.45) is 30.9. The van der Waals surface area contributed by atoms with Gasteiger partial charge in [0.25, 0.3) is 0 Å². The quantitative estimate of drug-likeness (QED) is 0.393. The van der Waals surface area contributed by atoms with Gasteiger partial charge in [-0.25, -0.2) is 0 Å². The Morgan fingerprint density at radius 1 is 0.464 bits per heavy atom. The van der Waals surface area contributed by atoms with Gasteiger partial charge in [-0.3, -0.25) is 9.59 Å². The Balaban J connectivity index is 2.22. The molecule has 0 bridgehead atoms. The van der Waals surface area contributed by atoms with Gasteiger partial charge < -0.3 is 0 Å². The molecule has 0 N–H and O–H groups in total. The van der Waals surface area contributed by atoms with Crippen LogP contribution in [0.3, 0.4) is 0 Å². The minimum Gasteiger partial charge on any atom is -0.299 e. The molecule has 0 aromatic rings. The number of hydrogen-bond acceptors (Lipinski definition) is 2. The van der Waals surface area contributed by atoms with E-state index in [2.05, 4.69) is 18.2 Å². The van der Waals surface area contributed by atoms with E-state index in [1.165, 1.54) is 83.5 Å². The molecule has 0 fully saturated rings. The minimum atomic E-state index is 0.306. The zero-order valence-corrected chi connectivity index (χ0v) is 18.3. The van der Waals surface area contributed by atoms with Crippen molar-refractivity contribution in [3.05, 3.63) is 24.3 Å². The van der Waals surface area contributed by atoms with E-state index in [0.717, 1.165) is 32.1 Å².